The number of carbonyl (C=O) groups excluding carboxylic acids is 1. The number of hydrogen-bond acceptors (Lipinski definition) is 3. The Balaban J connectivity index is 3.15. The van der Waals surface area contributed by atoms with E-state index in [1.807, 2.05) is 13.8 Å². The predicted octanol–water partition coefficient (Wildman–Crippen LogP) is 2.35. The van der Waals surface area contributed by atoms with E-state index in [0.29, 0.717) is 5.56 Å². The second-order valence-corrected chi connectivity index (χ2v) is 4.07. The summed E-state index contributed by atoms with van der Waals surface area (Å²) in [5.41, 5.74) is 1.17. The van der Waals surface area contributed by atoms with Gasteiger partial charge in [-0.25, -0.2) is 0 Å². The van der Waals surface area contributed by atoms with E-state index in [4.69, 9.17) is 0 Å². The number of carbonyl (C=O) groups is 1. The van der Waals surface area contributed by atoms with Gasteiger partial charge in [0.1, 0.15) is 17.3 Å². The molecule has 0 radical (unpaired) electrons. The van der Waals surface area contributed by atoms with E-state index in [1.165, 1.54) is 6.92 Å². The molecule has 0 unspecified atom stereocenters. The fraction of sp³-hybridized carbons (Fsp3) is 0.417. The van der Waals surface area contributed by atoms with Gasteiger partial charge in [-0.15, -0.1) is 0 Å². The van der Waals surface area contributed by atoms with E-state index in [2.05, 4.69) is 0 Å². The van der Waals surface area contributed by atoms with Crippen molar-refractivity contribution in [3.63, 3.8) is 0 Å². The summed E-state index contributed by atoms with van der Waals surface area (Å²) in [5, 5.41) is 19.3. The van der Waals surface area contributed by atoms with Crippen LogP contribution < -0.4 is 0 Å². The molecular weight excluding hydrogens is 192 g/mol. The molecule has 0 saturated heterocycles. The number of aromatic hydroxyl groups is 2. The minimum absolute atomic E-state index is 0.00565. The molecule has 0 bridgehead atoms. The Morgan fingerprint density at radius 1 is 1.27 bits per heavy atom. The molecule has 0 saturated carbocycles. The van der Waals surface area contributed by atoms with Crippen molar-refractivity contribution in [1.29, 1.82) is 0 Å². The lowest BCUT2D eigenvalue weighted by Gasteiger charge is -2.11. The molecule has 0 aliphatic heterocycles. The van der Waals surface area contributed by atoms with Gasteiger partial charge in [0.2, 0.25) is 0 Å². The fourth-order valence-corrected chi connectivity index (χ4v) is 1.43. The molecule has 0 aliphatic carbocycles. The van der Waals surface area contributed by atoms with Gasteiger partial charge >= 0.3 is 0 Å². The van der Waals surface area contributed by atoms with Crippen molar-refractivity contribution in [3.05, 3.63) is 23.3 Å². The van der Waals surface area contributed by atoms with E-state index in [9.17, 15) is 15.0 Å². The minimum atomic E-state index is -0.0853. The van der Waals surface area contributed by atoms with E-state index < -0.39 is 0 Å². The molecule has 1 aromatic rings. The maximum absolute atomic E-state index is 10.9. The van der Waals surface area contributed by atoms with Crippen LogP contribution in [0, 0.1) is 0 Å². The summed E-state index contributed by atoms with van der Waals surface area (Å²) < 4.78 is 0. The Kier molecular flexibility index (Phi) is 3.35. The highest BCUT2D eigenvalue weighted by molar-refractivity contribution is 5.80. The average molecular weight is 208 g/mol. The molecule has 0 aliphatic rings. The van der Waals surface area contributed by atoms with Crippen LogP contribution in [-0.2, 0) is 11.2 Å². The third-order valence-electron chi connectivity index (χ3n) is 2.32. The summed E-state index contributed by atoms with van der Waals surface area (Å²) >= 11 is 0. The van der Waals surface area contributed by atoms with Gasteiger partial charge in [0.05, 0.1) is 0 Å². The number of phenolic OH excluding ortho intramolecular Hbond substituents is 2. The second-order valence-electron chi connectivity index (χ2n) is 4.07. The normalized spacial score (nSPS) is 10.7. The molecule has 2 N–H and O–H groups in total. The van der Waals surface area contributed by atoms with Crippen LogP contribution in [0.25, 0.3) is 0 Å². The standard InChI is InChI=1S/C12H16O3/c1-7(2)9-5-11(14)10(4-8(3)13)12(15)6-9/h5-7,14-15H,4H2,1-3H3. The largest absolute Gasteiger partial charge is 0.508 e. The molecule has 0 heterocycles. The van der Waals surface area contributed by atoms with Crippen molar-refractivity contribution in [1.82, 2.24) is 0 Å². The first-order valence-electron chi connectivity index (χ1n) is 4.96. The molecule has 1 rings (SSSR count). The van der Waals surface area contributed by atoms with E-state index >= 15 is 0 Å². The first kappa shape index (κ1) is 11.6. The average Bonchev–Trinajstić information content (AvgIpc) is 2.10. The zero-order valence-electron chi connectivity index (χ0n) is 9.24. The lowest BCUT2D eigenvalue weighted by Crippen LogP contribution is -1.98. The van der Waals surface area contributed by atoms with Gasteiger partial charge in [-0.05, 0) is 30.5 Å². The Bertz CT molecular complexity index is 357. The predicted molar refractivity (Wildman–Crippen MR) is 58.2 cm³/mol. The van der Waals surface area contributed by atoms with Crippen LogP contribution in [-0.4, -0.2) is 16.0 Å². The summed E-state index contributed by atoms with van der Waals surface area (Å²) in [6.45, 7) is 5.37. The van der Waals surface area contributed by atoms with Gasteiger partial charge in [-0.2, -0.15) is 0 Å². The Labute approximate surface area is 89.4 Å². The zero-order chi connectivity index (χ0) is 11.6. The number of ketones is 1. The van der Waals surface area contributed by atoms with Gasteiger partial charge in [-0.3, -0.25) is 4.79 Å². The summed E-state index contributed by atoms with van der Waals surface area (Å²) in [5.74, 6) is 0.133. The molecule has 1 aromatic carbocycles. The van der Waals surface area contributed by atoms with Crippen molar-refractivity contribution in [3.8, 4) is 11.5 Å². The van der Waals surface area contributed by atoms with Gasteiger partial charge in [0.25, 0.3) is 0 Å². The molecule has 0 amide bonds. The van der Waals surface area contributed by atoms with Crippen LogP contribution in [0.15, 0.2) is 12.1 Å². The number of phenols is 2. The molecule has 3 heteroatoms. The van der Waals surface area contributed by atoms with Crippen molar-refractivity contribution in [2.45, 2.75) is 33.1 Å². The summed E-state index contributed by atoms with van der Waals surface area (Å²) in [4.78, 5) is 10.9. The van der Waals surface area contributed by atoms with Crippen molar-refractivity contribution in [2.24, 2.45) is 0 Å². The summed E-state index contributed by atoms with van der Waals surface area (Å²) in [6.07, 6.45) is 0.0655. The molecular formula is C12H16O3. The number of rotatable bonds is 3. The monoisotopic (exact) mass is 208 g/mol. The topological polar surface area (TPSA) is 57.5 Å². The number of benzene rings is 1. The molecule has 15 heavy (non-hydrogen) atoms. The Morgan fingerprint density at radius 3 is 2.07 bits per heavy atom. The van der Waals surface area contributed by atoms with Crippen molar-refractivity contribution < 1.29 is 15.0 Å². The third-order valence-corrected chi connectivity index (χ3v) is 2.32. The number of hydrogen-bond donors (Lipinski definition) is 2. The first-order chi connectivity index (χ1) is 6.91. The highest BCUT2D eigenvalue weighted by atomic mass is 16.3. The second kappa shape index (κ2) is 4.34. The lowest BCUT2D eigenvalue weighted by molar-refractivity contribution is -0.116. The molecule has 82 valence electrons. The van der Waals surface area contributed by atoms with Gasteiger partial charge in [-0.1, -0.05) is 13.8 Å². The minimum Gasteiger partial charge on any atom is -0.508 e. The Morgan fingerprint density at radius 2 is 1.73 bits per heavy atom. The van der Waals surface area contributed by atoms with Crippen molar-refractivity contribution >= 4 is 5.78 Å². The SMILES string of the molecule is CC(=O)Cc1c(O)cc(C(C)C)cc1O. The van der Waals surface area contributed by atoms with E-state index in [0.717, 1.165) is 5.56 Å². The maximum atomic E-state index is 10.9. The smallest absolute Gasteiger partial charge is 0.134 e. The molecule has 3 nitrogen and oxygen atoms in total. The van der Waals surface area contributed by atoms with Crippen LogP contribution in [0.2, 0.25) is 0 Å². The van der Waals surface area contributed by atoms with Crippen LogP contribution in [0.3, 0.4) is 0 Å². The first-order valence-corrected chi connectivity index (χ1v) is 4.96. The maximum Gasteiger partial charge on any atom is 0.134 e. The van der Waals surface area contributed by atoms with Crippen LogP contribution in [0.4, 0.5) is 0 Å². The van der Waals surface area contributed by atoms with Crippen molar-refractivity contribution in [2.75, 3.05) is 0 Å². The van der Waals surface area contributed by atoms with Crippen LogP contribution >= 0.6 is 0 Å². The highest BCUT2D eigenvalue weighted by Crippen LogP contribution is 2.32. The lowest BCUT2D eigenvalue weighted by atomic mass is 9.98. The van der Waals surface area contributed by atoms with Crippen LogP contribution in [0.1, 0.15) is 37.8 Å². The summed E-state index contributed by atoms with van der Waals surface area (Å²) in [7, 11) is 0. The molecule has 0 fully saturated rings. The molecule has 0 atom stereocenters. The Hall–Kier alpha value is -1.51. The molecule has 0 spiro atoms. The van der Waals surface area contributed by atoms with Gasteiger partial charge in [0, 0.05) is 12.0 Å². The van der Waals surface area contributed by atoms with E-state index in [1.54, 1.807) is 12.1 Å². The molecule has 0 aromatic heterocycles. The van der Waals surface area contributed by atoms with Gasteiger partial charge in [0.15, 0.2) is 0 Å². The highest BCUT2D eigenvalue weighted by Gasteiger charge is 2.12. The quantitative estimate of drug-likeness (QED) is 0.801. The summed E-state index contributed by atoms with van der Waals surface area (Å²) in [6, 6.07) is 3.20. The van der Waals surface area contributed by atoms with Gasteiger partial charge < -0.3 is 10.2 Å². The van der Waals surface area contributed by atoms with E-state index in [-0.39, 0.29) is 29.6 Å². The third kappa shape index (κ3) is 2.72. The zero-order valence-corrected chi connectivity index (χ0v) is 9.24. The fourth-order valence-electron chi connectivity index (χ4n) is 1.43. The number of Topliss-reactive ketones (excluding diaryl/α,β-unsaturated/α-hetero) is 1. The van der Waals surface area contributed by atoms with Crippen LogP contribution in [0.5, 0.6) is 11.5 Å².